The zero-order valence-electron chi connectivity index (χ0n) is 18.9. The molecule has 0 aliphatic heterocycles. The number of hydrogen-bond donors (Lipinski definition) is 2. The number of para-hydroxylation sites is 1. The number of sulfonamides is 1. The SMILES string of the molecule is Cc1cccc2c(=O)n(CC(=O)NCc3cccc(S(=O)(=O)NCc4cccc(F)c4)c3)cnc12. The first kappa shape index (κ1) is 24.2. The molecule has 2 N–H and O–H groups in total. The fourth-order valence-electron chi connectivity index (χ4n) is 3.59. The largest absolute Gasteiger partial charge is 0.350 e. The molecule has 10 heteroatoms. The van der Waals surface area contributed by atoms with Gasteiger partial charge in [-0.05, 0) is 53.9 Å². The van der Waals surface area contributed by atoms with Crippen molar-refractivity contribution in [2.24, 2.45) is 0 Å². The van der Waals surface area contributed by atoms with E-state index >= 15 is 0 Å². The summed E-state index contributed by atoms with van der Waals surface area (Å²) in [7, 11) is -3.85. The molecule has 0 fully saturated rings. The predicted octanol–water partition coefficient (Wildman–Crippen LogP) is 2.64. The van der Waals surface area contributed by atoms with Crippen molar-refractivity contribution in [1.29, 1.82) is 0 Å². The smallest absolute Gasteiger partial charge is 0.261 e. The van der Waals surface area contributed by atoms with Gasteiger partial charge in [-0.25, -0.2) is 22.5 Å². The first-order valence-corrected chi connectivity index (χ1v) is 12.3. The summed E-state index contributed by atoms with van der Waals surface area (Å²) in [4.78, 5) is 29.4. The standard InChI is InChI=1S/C25H23FN4O4S/c1-17-5-2-10-22-24(17)28-16-30(25(22)32)15-23(31)27-13-19-7-4-9-21(12-19)35(33,34)29-14-18-6-3-8-20(26)11-18/h2-12,16,29H,13-15H2,1H3,(H,27,31). The van der Waals surface area contributed by atoms with Gasteiger partial charge in [-0.3, -0.25) is 14.2 Å². The van der Waals surface area contributed by atoms with Crippen molar-refractivity contribution in [3.05, 3.63) is 106 Å². The minimum Gasteiger partial charge on any atom is -0.350 e. The molecule has 35 heavy (non-hydrogen) atoms. The second-order valence-corrected chi connectivity index (χ2v) is 9.79. The van der Waals surface area contributed by atoms with Crippen LogP contribution in [0.1, 0.15) is 16.7 Å². The molecule has 4 rings (SSSR count). The highest BCUT2D eigenvalue weighted by atomic mass is 32.2. The van der Waals surface area contributed by atoms with Crippen molar-refractivity contribution in [3.63, 3.8) is 0 Å². The van der Waals surface area contributed by atoms with Gasteiger partial charge in [0.15, 0.2) is 0 Å². The van der Waals surface area contributed by atoms with E-state index in [1.54, 1.807) is 30.3 Å². The van der Waals surface area contributed by atoms with Crippen LogP contribution in [-0.4, -0.2) is 23.9 Å². The molecule has 180 valence electrons. The molecule has 1 amide bonds. The fourth-order valence-corrected chi connectivity index (χ4v) is 4.68. The van der Waals surface area contributed by atoms with Crippen LogP contribution in [0.15, 0.2) is 82.7 Å². The Labute approximate surface area is 201 Å². The Hall–Kier alpha value is -3.89. The lowest BCUT2D eigenvalue weighted by Gasteiger charge is -2.11. The van der Waals surface area contributed by atoms with Crippen LogP contribution in [-0.2, 0) is 34.5 Å². The predicted molar refractivity (Wildman–Crippen MR) is 129 cm³/mol. The zero-order valence-corrected chi connectivity index (χ0v) is 19.7. The van der Waals surface area contributed by atoms with Gasteiger partial charge in [0.25, 0.3) is 5.56 Å². The molecular formula is C25H23FN4O4S. The Morgan fingerprint density at radius 1 is 1.00 bits per heavy atom. The monoisotopic (exact) mass is 494 g/mol. The molecule has 1 aromatic heterocycles. The molecule has 0 saturated heterocycles. The molecule has 0 aliphatic carbocycles. The van der Waals surface area contributed by atoms with Crippen molar-refractivity contribution in [1.82, 2.24) is 19.6 Å². The van der Waals surface area contributed by atoms with Crippen molar-refractivity contribution in [2.45, 2.75) is 31.5 Å². The highest BCUT2D eigenvalue weighted by Gasteiger charge is 2.15. The third kappa shape index (κ3) is 5.79. The summed E-state index contributed by atoms with van der Waals surface area (Å²) in [5, 5.41) is 3.13. The maximum Gasteiger partial charge on any atom is 0.261 e. The molecule has 0 bridgehead atoms. The van der Waals surface area contributed by atoms with E-state index in [9.17, 15) is 22.4 Å². The maximum absolute atomic E-state index is 13.3. The number of aryl methyl sites for hydroxylation is 1. The summed E-state index contributed by atoms with van der Waals surface area (Å²) in [5.41, 5.74) is 2.21. The van der Waals surface area contributed by atoms with E-state index in [1.807, 2.05) is 13.0 Å². The second-order valence-electron chi connectivity index (χ2n) is 8.03. The van der Waals surface area contributed by atoms with Gasteiger partial charge in [0.1, 0.15) is 12.4 Å². The van der Waals surface area contributed by atoms with Gasteiger partial charge in [0.05, 0.1) is 22.1 Å². The number of halogens is 1. The molecule has 4 aromatic rings. The lowest BCUT2D eigenvalue weighted by atomic mass is 10.1. The van der Waals surface area contributed by atoms with E-state index in [2.05, 4.69) is 15.0 Å². The van der Waals surface area contributed by atoms with E-state index in [-0.39, 0.29) is 30.1 Å². The molecule has 1 heterocycles. The maximum atomic E-state index is 13.3. The first-order valence-electron chi connectivity index (χ1n) is 10.8. The van der Waals surface area contributed by atoms with Crippen molar-refractivity contribution in [3.8, 4) is 0 Å². The number of aromatic nitrogens is 2. The van der Waals surface area contributed by atoms with Crippen LogP contribution in [0, 0.1) is 12.7 Å². The fraction of sp³-hybridized carbons (Fsp3) is 0.160. The number of benzene rings is 3. The molecule has 0 atom stereocenters. The summed E-state index contributed by atoms with van der Waals surface area (Å²) in [5.74, 6) is -0.866. The van der Waals surface area contributed by atoms with Gasteiger partial charge in [-0.15, -0.1) is 0 Å². The summed E-state index contributed by atoms with van der Waals surface area (Å²) in [6.07, 6.45) is 1.34. The van der Waals surface area contributed by atoms with Crippen molar-refractivity contribution < 1.29 is 17.6 Å². The van der Waals surface area contributed by atoms with Crippen molar-refractivity contribution >= 4 is 26.8 Å². The summed E-state index contributed by atoms with van der Waals surface area (Å²) in [6, 6.07) is 17.1. The van der Waals surface area contributed by atoms with Crippen LogP contribution >= 0.6 is 0 Å². The van der Waals surface area contributed by atoms with Gasteiger partial charge in [-0.1, -0.05) is 36.4 Å². The molecular weight excluding hydrogens is 471 g/mol. The highest BCUT2D eigenvalue weighted by molar-refractivity contribution is 7.89. The van der Waals surface area contributed by atoms with E-state index in [0.29, 0.717) is 22.0 Å². The number of carbonyl (C=O) groups excluding carboxylic acids is 1. The molecule has 0 spiro atoms. The van der Waals surface area contributed by atoms with Crippen LogP contribution in [0.4, 0.5) is 4.39 Å². The summed E-state index contributed by atoms with van der Waals surface area (Å²) in [6.45, 7) is 1.65. The number of fused-ring (bicyclic) bond motifs is 1. The zero-order chi connectivity index (χ0) is 25.0. The van der Waals surface area contributed by atoms with E-state index < -0.39 is 21.7 Å². The molecule has 0 aliphatic rings. The Bertz CT molecular complexity index is 1570. The average Bonchev–Trinajstić information content (AvgIpc) is 2.84. The van der Waals surface area contributed by atoms with Gasteiger partial charge in [0, 0.05) is 13.1 Å². The van der Waals surface area contributed by atoms with Crippen LogP contribution in [0.3, 0.4) is 0 Å². The molecule has 8 nitrogen and oxygen atoms in total. The number of nitrogens with one attached hydrogen (secondary N) is 2. The van der Waals surface area contributed by atoms with Crippen LogP contribution in [0.5, 0.6) is 0 Å². The van der Waals surface area contributed by atoms with Crippen LogP contribution in [0.2, 0.25) is 0 Å². The van der Waals surface area contributed by atoms with Gasteiger partial charge in [0.2, 0.25) is 15.9 Å². The normalized spacial score (nSPS) is 11.5. The molecule has 3 aromatic carbocycles. The topological polar surface area (TPSA) is 110 Å². The Morgan fingerprint density at radius 2 is 1.71 bits per heavy atom. The minimum atomic E-state index is -3.85. The quantitative estimate of drug-likeness (QED) is 0.391. The molecule has 0 unspecified atom stereocenters. The highest BCUT2D eigenvalue weighted by Crippen LogP contribution is 2.13. The van der Waals surface area contributed by atoms with Gasteiger partial charge >= 0.3 is 0 Å². The first-order chi connectivity index (χ1) is 16.7. The number of hydrogen-bond acceptors (Lipinski definition) is 5. The Balaban J connectivity index is 1.40. The Kier molecular flexibility index (Phi) is 7.04. The van der Waals surface area contributed by atoms with E-state index in [0.717, 1.165) is 5.56 Å². The summed E-state index contributed by atoms with van der Waals surface area (Å²) >= 11 is 0. The number of amides is 1. The Morgan fingerprint density at radius 3 is 2.49 bits per heavy atom. The van der Waals surface area contributed by atoms with Crippen LogP contribution < -0.4 is 15.6 Å². The molecule has 0 radical (unpaired) electrons. The lowest BCUT2D eigenvalue weighted by Crippen LogP contribution is -2.32. The third-order valence-electron chi connectivity index (χ3n) is 5.42. The van der Waals surface area contributed by atoms with E-state index in [4.69, 9.17) is 0 Å². The minimum absolute atomic E-state index is 0.0194. The van der Waals surface area contributed by atoms with Gasteiger partial charge in [-0.2, -0.15) is 0 Å². The van der Waals surface area contributed by atoms with E-state index in [1.165, 1.54) is 41.2 Å². The third-order valence-corrected chi connectivity index (χ3v) is 6.82. The summed E-state index contributed by atoms with van der Waals surface area (Å²) < 4.78 is 42.3. The number of nitrogens with zero attached hydrogens (tertiary/aromatic N) is 2. The number of rotatable bonds is 8. The van der Waals surface area contributed by atoms with Gasteiger partial charge < -0.3 is 5.32 Å². The second kappa shape index (κ2) is 10.2. The molecule has 0 saturated carbocycles. The number of carbonyl (C=O) groups is 1. The van der Waals surface area contributed by atoms with Crippen molar-refractivity contribution in [2.75, 3.05) is 0 Å². The average molecular weight is 495 g/mol. The lowest BCUT2D eigenvalue weighted by molar-refractivity contribution is -0.121. The van der Waals surface area contributed by atoms with Crippen LogP contribution in [0.25, 0.3) is 10.9 Å².